The third-order valence-electron chi connectivity index (χ3n) is 4.03. The minimum absolute atomic E-state index is 0.0000797. The first kappa shape index (κ1) is 19.0. The summed E-state index contributed by atoms with van der Waals surface area (Å²) >= 11 is 3.30. The molecule has 1 amide bonds. The van der Waals surface area contributed by atoms with E-state index in [9.17, 15) is 14.9 Å². The molecule has 1 N–H and O–H groups in total. The molecule has 1 heterocycles. The van der Waals surface area contributed by atoms with Crippen LogP contribution < -0.4 is 10.3 Å². The number of morpholine rings is 1. The minimum Gasteiger partial charge on any atom is -0.378 e. The van der Waals surface area contributed by atoms with E-state index in [1.807, 2.05) is 4.90 Å². The number of benzene rings is 2. The molecule has 1 aliphatic heterocycles. The van der Waals surface area contributed by atoms with E-state index in [-0.39, 0.29) is 11.6 Å². The van der Waals surface area contributed by atoms with E-state index in [2.05, 4.69) is 26.5 Å². The molecule has 0 bridgehead atoms. The second-order valence-corrected chi connectivity index (χ2v) is 6.73. The van der Waals surface area contributed by atoms with Gasteiger partial charge in [0.25, 0.3) is 11.6 Å². The summed E-state index contributed by atoms with van der Waals surface area (Å²) in [4.78, 5) is 25.0. The van der Waals surface area contributed by atoms with Crippen molar-refractivity contribution in [1.82, 2.24) is 5.43 Å². The van der Waals surface area contributed by atoms with Gasteiger partial charge in [-0.2, -0.15) is 5.10 Å². The van der Waals surface area contributed by atoms with Gasteiger partial charge >= 0.3 is 0 Å². The molecule has 0 saturated carbocycles. The van der Waals surface area contributed by atoms with Crippen molar-refractivity contribution >= 4 is 39.4 Å². The molecule has 27 heavy (non-hydrogen) atoms. The molecule has 8 nitrogen and oxygen atoms in total. The van der Waals surface area contributed by atoms with Gasteiger partial charge in [0.15, 0.2) is 0 Å². The Morgan fingerprint density at radius 2 is 1.93 bits per heavy atom. The van der Waals surface area contributed by atoms with Crippen molar-refractivity contribution in [1.29, 1.82) is 0 Å². The number of nitrogens with one attached hydrogen (secondary N) is 1. The maximum absolute atomic E-state index is 12.0. The number of carbonyl (C=O) groups is 1. The predicted octanol–water partition coefficient (Wildman–Crippen LogP) is 2.96. The number of ether oxygens (including phenoxy) is 1. The summed E-state index contributed by atoms with van der Waals surface area (Å²) in [6.45, 7) is 2.31. The van der Waals surface area contributed by atoms with Crippen LogP contribution in [-0.4, -0.2) is 43.3 Å². The highest BCUT2D eigenvalue weighted by atomic mass is 79.9. The van der Waals surface area contributed by atoms with E-state index in [1.165, 1.54) is 12.3 Å². The lowest BCUT2D eigenvalue weighted by molar-refractivity contribution is -0.384. The number of nitro groups is 1. The van der Waals surface area contributed by atoms with Gasteiger partial charge in [0, 0.05) is 34.8 Å². The van der Waals surface area contributed by atoms with Gasteiger partial charge in [-0.15, -0.1) is 0 Å². The first-order valence-electron chi connectivity index (χ1n) is 8.25. The molecule has 1 saturated heterocycles. The quantitative estimate of drug-likeness (QED) is 0.444. The van der Waals surface area contributed by atoms with Gasteiger partial charge in [0.2, 0.25) is 0 Å². The molecule has 1 fully saturated rings. The fraction of sp³-hybridized carbons (Fsp3) is 0.222. The molecular formula is C18H17BrN4O4. The zero-order chi connectivity index (χ0) is 19.2. The number of hydrogen-bond donors (Lipinski definition) is 1. The number of rotatable bonds is 5. The number of nitro benzene ring substituents is 1. The average Bonchev–Trinajstić information content (AvgIpc) is 2.69. The van der Waals surface area contributed by atoms with E-state index in [0.29, 0.717) is 43.1 Å². The van der Waals surface area contributed by atoms with Crippen molar-refractivity contribution in [3.05, 3.63) is 68.2 Å². The standard InChI is InChI=1S/C18H17BrN4O4/c19-15-4-2-14(3-5-15)18(24)21-20-12-13-1-6-16(17(11-13)23(25)26)22-7-9-27-10-8-22/h1-6,11-12H,7-10H2,(H,21,24). The van der Waals surface area contributed by atoms with Gasteiger partial charge in [-0.05, 0) is 30.3 Å². The smallest absolute Gasteiger partial charge is 0.293 e. The molecule has 140 valence electrons. The molecule has 0 spiro atoms. The molecule has 1 aliphatic rings. The van der Waals surface area contributed by atoms with Crippen LogP contribution in [0.3, 0.4) is 0 Å². The molecule has 0 atom stereocenters. The van der Waals surface area contributed by atoms with E-state index in [4.69, 9.17) is 4.74 Å². The minimum atomic E-state index is -0.414. The highest BCUT2D eigenvalue weighted by Gasteiger charge is 2.21. The summed E-state index contributed by atoms with van der Waals surface area (Å²) in [5.74, 6) is -0.363. The Bertz CT molecular complexity index is 864. The highest BCUT2D eigenvalue weighted by Crippen LogP contribution is 2.29. The van der Waals surface area contributed by atoms with Crippen molar-refractivity contribution in [3.8, 4) is 0 Å². The molecular weight excluding hydrogens is 416 g/mol. The van der Waals surface area contributed by atoms with Crippen LogP contribution in [0.15, 0.2) is 52.0 Å². The Morgan fingerprint density at radius 3 is 2.59 bits per heavy atom. The zero-order valence-electron chi connectivity index (χ0n) is 14.3. The first-order chi connectivity index (χ1) is 13.0. The van der Waals surface area contributed by atoms with Gasteiger partial charge in [0.05, 0.1) is 24.4 Å². The van der Waals surface area contributed by atoms with Crippen molar-refractivity contribution in [2.45, 2.75) is 0 Å². The lowest BCUT2D eigenvalue weighted by Gasteiger charge is -2.28. The van der Waals surface area contributed by atoms with E-state index >= 15 is 0 Å². The average molecular weight is 433 g/mol. The SMILES string of the molecule is O=C(NN=Cc1ccc(N2CCOCC2)c([N+](=O)[O-])c1)c1ccc(Br)cc1. The number of hydrogen-bond acceptors (Lipinski definition) is 6. The number of anilines is 1. The Morgan fingerprint density at radius 1 is 1.22 bits per heavy atom. The molecule has 0 aliphatic carbocycles. The molecule has 3 rings (SSSR count). The summed E-state index contributed by atoms with van der Waals surface area (Å²) in [6.07, 6.45) is 1.38. The Kier molecular flexibility index (Phi) is 6.15. The van der Waals surface area contributed by atoms with Gasteiger partial charge < -0.3 is 9.64 Å². The van der Waals surface area contributed by atoms with Gasteiger partial charge in [-0.25, -0.2) is 5.43 Å². The fourth-order valence-corrected chi connectivity index (χ4v) is 2.93. The summed E-state index contributed by atoms with van der Waals surface area (Å²) < 4.78 is 6.16. The largest absolute Gasteiger partial charge is 0.378 e. The van der Waals surface area contributed by atoms with E-state index in [0.717, 1.165) is 4.47 Å². The van der Waals surface area contributed by atoms with Crippen LogP contribution in [0.25, 0.3) is 0 Å². The molecule has 9 heteroatoms. The fourth-order valence-electron chi connectivity index (χ4n) is 2.67. The summed E-state index contributed by atoms with van der Waals surface area (Å²) in [6, 6.07) is 11.7. The number of halogens is 1. The topological polar surface area (TPSA) is 97.1 Å². The normalized spacial score (nSPS) is 14.3. The second kappa shape index (κ2) is 8.74. The van der Waals surface area contributed by atoms with Crippen LogP contribution in [0.2, 0.25) is 0 Å². The van der Waals surface area contributed by atoms with Gasteiger partial charge in [-0.3, -0.25) is 14.9 Å². The molecule has 2 aromatic rings. The van der Waals surface area contributed by atoms with Crippen LogP contribution in [0.5, 0.6) is 0 Å². The van der Waals surface area contributed by atoms with Gasteiger partial charge in [0.1, 0.15) is 5.69 Å². The molecule has 0 unspecified atom stereocenters. The monoisotopic (exact) mass is 432 g/mol. The Labute approximate surface area is 164 Å². The predicted molar refractivity (Wildman–Crippen MR) is 105 cm³/mol. The Balaban J connectivity index is 1.71. The summed E-state index contributed by atoms with van der Waals surface area (Å²) in [7, 11) is 0. The summed E-state index contributed by atoms with van der Waals surface area (Å²) in [5, 5.41) is 15.3. The number of carbonyl (C=O) groups excluding carboxylic acids is 1. The van der Waals surface area contributed by atoms with Crippen molar-refractivity contribution in [2.75, 3.05) is 31.2 Å². The number of amides is 1. The van der Waals surface area contributed by atoms with Crippen molar-refractivity contribution in [2.24, 2.45) is 5.10 Å². The van der Waals surface area contributed by atoms with Crippen LogP contribution in [0.4, 0.5) is 11.4 Å². The van der Waals surface area contributed by atoms with Crippen LogP contribution in [-0.2, 0) is 4.74 Å². The lowest BCUT2D eigenvalue weighted by atomic mass is 10.1. The van der Waals surface area contributed by atoms with Crippen LogP contribution in [0, 0.1) is 10.1 Å². The molecule has 2 aromatic carbocycles. The van der Waals surface area contributed by atoms with Crippen molar-refractivity contribution in [3.63, 3.8) is 0 Å². The maximum atomic E-state index is 12.0. The first-order valence-corrected chi connectivity index (χ1v) is 9.04. The molecule has 0 aromatic heterocycles. The van der Waals surface area contributed by atoms with E-state index < -0.39 is 4.92 Å². The number of nitrogens with zero attached hydrogens (tertiary/aromatic N) is 3. The Hall–Kier alpha value is -2.78. The van der Waals surface area contributed by atoms with Crippen molar-refractivity contribution < 1.29 is 14.5 Å². The second-order valence-electron chi connectivity index (χ2n) is 5.81. The lowest BCUT2D eigenvalue weighted by Crippen LogP contribution is -2.36. The van der Waals surface area contributed by atoms with Crippen LogP contribution in [0.1, 0.15) is 15.9 Å². The maximum Gasteiger partial charge on any atom is 0.293 e. The van der Waals surface area contributed by atoms with Crippen LogP contribution >= 0.6 is 15.9 Å². The van der Waals surface area contributed by atoms with E-state index in [1.54, 1.807) is 36.4 Å². The number of hydrazone groups is 1. The molecule has 0 radical (unpaired) electrons. The third kappa shape index (κ3) is 4.89. The zero-order valence-corrected chi connectivity index (χ0v) is 15.9. The van der Waals surface area contributed by atoms with Gasteiger partial charge in [-0.1, -0.05) is 22.0 Å². The third-order valence-corrected chi connectivity index (χ3v) is 4.56. The highest BCUT2D eigenvalue weighted by molar-refractivity contribution is 9.10. The summed E-state index contributed by atoms with van der Waals surface area (Å²) in [5.41, 5.74) is 3.95.